The Bertz CT molecular complexity index is 1190. The van der Waals surface area contributed by atoms with E-state index in [-0.39, 0.29) is 11.8 Å². The minimum atomic E-state index is -1.41. The molecule has 0 radical (unpaired) electrons. The Morgan fingerprint density at radius 1 is 1.08 bits per heavy atom. The fraction of sp³-hybridized carbons (Fsp3) is 0.621. The number of aliphatic hydroxyl groups is 2. The molecule has 8 heteroatoms. The average molecular weight is 513 g/mol. The van der Waals surface area contributed by atoms with Crippen molar-refractivity contribution in [1.82, 2.24) is 0 Å². The number of hydrogen-bond acceptors (Lipinski definition) is 8. The van der Waals surface area contributed by atoms with E-state index in [1.54, 1.807) is 39.0 Å². The van der Waals surface area contributed by atoms with Crippen LogP contribution in [0.5, 0.6) is 5.75 Å². The molecular weight excluding hydrogens is 476 g/mol. The van der Waals surface area contributed by atoms with Gasteiger partial charge in [0.1, 0.15) is 17.5 Å². The first-order valence-electron chi connectivity index (χ1n) is 12.7. The van der Waals surface area contributed by atoms with Crippen LogP contribution in [0.25, 0.3) is 0 Å². The monoisotopic (exact) mass is 512 g/mol. The van der Waals surface area contributed by atoms with Gasteiger partial charge in [-0.05, 0) is 82.4 Å². The third-order valence-corrected chi connectivity index (χ3v) is 8.70. The van der Waals surface area contributed by atoms with Crippen molar-refractivity contribution in [3.05, 3.63) is 29.3 Å². The zero-order valence-corrected chi connectivity index (χ0v) is 22.3. The number of hydrogen-bond donors (Lipinski definition) is 2. The minimum absolute atomic E-state index is 0.132. The molecule has 2 fully saturated rings. The second-order valence-electron chi connectivity index (χ2n) is 11.9. The van der Waals surface area contributed by atoms with Crippen molar-refractivity contribution in [2.24, 2.45) is 22.7 Å². The molecule has 0 aromatic heterocycles. The van der Waals surface area contributed by atoms with E-state index >= 15 is 0 Å². The second kappa shape index (κ2) is 9.14. The van der Waals surface area contributed by atoms with Crippen molar-refractivity contribution in [2.75, 3.05) is 7.11 Å². The Morgan fingerprint density at radius 2 is 1.78 bits per heavy atom. The number of carbonyl (C=O) groups is 3. The summed E-state index contributed by atoms with van der Waals surface area (Å²) in [5.74, 6) is 3.49. The van der Waals surface area contributed by atoms with E-state index in [4.69, 9.17) is 9.47 Å². The quantitative estimate of drug-likeness (QED) is 0.267. The molecule has 3 aliphatic rings. The van der Waals surface area contributed by atoms with Crippen LogP contribution in [0.15, 0.2) is 18.2 Å². The average Bonchev–Trinajstić information content (AvgIpc) is 3.08. The summed E-state index contributed by atoms with van der Waals surface area (Å²) < 4.78 is 15.9. The Labute approximate surface area is 217 Å². The van der Waals surface area contributed by atoms with Gasteiger partial charge in [-0.15, -0.1) is 0 Å². The lowest BCUT2D eigenvalue weighted by Crippen LogP contribution is -2.56. The normalized spacial score (nSPS) is 34.1. The number of methoxy groups -OCH3 is 1. The zero-order valence-electron chi connectivity index (χ0n) is 22.3. The summed E-state index contributed by atoms with van der Waals surface area (Å²) in [4.78, 5) is 36.2. The van der Waals surface area contributed by atoms with E-state index in [0.717, 1.165) is 0 Å². The molecule has 0 unspecified atom stereocenters. The molecule has 2 saturated carbocycles. The highest BCUT2D eigenvalue weighted by Gasteiger charge is 2.66. The standard InChI is InChI=1S/C29H36O8/c1-17(30)36-23-16-22-21-9-11-28(33,12-10-24(31)35-6)27(21,5)13-14-29(22,34)20-8-7-18(15-19(20)23)37-25(32)26(2,3)4/h7-8,15,21-23,33-34H,9,11,13-14,16H2,1-6H3/t21-,22-,23+,27-,28+,29-/m0/s1. The van der Waals surface area contributed by atoms with Gasteiger partial charge in [0.25, 0.3) is 0 Å². The Morgan fingerprint density at radius 3 is 2.41 bits per heavy atom. The van der Waals surface area contributed by atoms with Gasteiger partial charge < -0.3 is 24.4 Å². The van der Waals surface area contributed by atoms with Gasteiger partial charge in [-0.1, -0.05) is 18.9 Å². The van der Waals surface area contributed by atoms with E-state index in [2.05, 4.69) is 16.6 Å². The van der Waals surface area contributed by atoms with Gasteiger partial charge in [0.05, 0.1) is 18.1 Å². The predicted octanol–water partition coefficient (Wildman–Crippen LogP) is 3.57. The molecule has 1 aromatic rings. The van der Waals surface area contributed by atoms with Crippen LogP contribution in [0.1, 0.15) is 84.0 Å². The summed E-state index contributed by atoms with van der Waals surface area (Å²) in [6.45, 7) is 8.59. The molecule has 0 aliphatic heterocycles. The van der Waals surface area contributed by atoms with Crippen molar-refractivity contribution in [2.45, 2.75) is 84.0 Å². The second-order valence-corrected chi connectivity index (χ2v) is 11.9. The molecule has 8 nitrogen and oxygen atoms in total. The highest BCUT2D eigenvalue weighted by molar-refractivity contribution is 5.88. The predicted molar refractivity (Wildman–Crippen MR) is 133 cm³/mol. The van der Waals surface area contributed by atoms with Gasteiger partial charge in [-0.2, -0.15) is 0 Å². The van der Waals surface area contributed by atoms with Gasteiger partial charge in [0.15, 0.2) is 0 Å². The van der Waals surface area contributed by atoms with E-state index in [9.17, 15) is 24.6 Å². The molecule has 4 rings (SSSR count). The van der Waals surface area contributed by atoms with Crippen LogP contribution in [-0.4, -0.2) is 40.8 Å². The highest BCUT2D eigenvalue weighted by Crippen LogP contribution is 2.66. The Hall–Kier alpha value is -2.89. The molecule has 0 bridgehead atoms. The third kappa shape index (κ3) is 4.53. The van der Waals surface area contributed by atoms with Crippen molar-refractivity contribution >= 4 is 17.9 Å². The largest absolute Gasteiger partial charge is 0.459 e. The minimum Gasteiger partial charge on any atom is -0.459 e. The lowest BCUT2D eigenvalue weighted by atomic mass is 9.51. The molecule has 2 N–H and O–H groups in total. The van der Waals surface area contributed by atoms with Crippen molar-refractivity contribution in [3.8, 4) is 17.6 Å². The highest BCUT2D eigenvalue weighted by atomic mass is 16.5. The molecular formula is C29H36O8. The smallest absolute Gasteiger partial charge is 0.384 e. The Kier molecular flexibility index (Phi) is 6.71. The van der Waals surface area contributed by atoms with Gasteiger partial charge in [-0.3, -0.25) is 9.59 Å². The maximum absolute atomic E-state index is 12.5. The lowest BCUT2D eigenvalue weighted by Gasteiger charge is -2.56. The molecule has 0 spiro atoms. The number of esters is 3. The number of benzene rings is 1. The first-order valence-corrected chi connectivity index (χ1v) is 12.7. The summed E-state index contributed by atoms with van der Waals surface area (Å²) in [5.41, 5.74) is -2.73. The summed E-state index contributed by atoms with van der Waals surface area (Å²) in [6.07, 6.45) is 1.49. The van der Waals surface area contributed by atoms with Gasteiger partial charge >= 0.3 is 17.9 Å². The summed E-state index contributed by atoms with van der Waals surface area (Å²) in [7, 11) is 1.24. The number of fused-ring (bicyclic) bond motifs is 5. The van der Waals surface area contributed by atoms with Crippen molar-refractivity contribution < 1.29 is 38.8 Å². The summed E-state index contributed by atoms with van der Waals surface area (Å²) in [6, 6.07) is 5.10. The molecule has 37 heavy (non-hydrogen) atoms. The van der Waals surface area contributed by atoms with Crippen LogP contribution in [0, 0.1) is 34.5 Å². The third-order valence-electron chi connectivity index (χ3n) is 8.70. The van der Waals surface area contributed by atoms with Crippen molar-refractivity contribution in [3.63, 3.8) is 0 Å². The summed E-state index contributed by atoms with van der Waals surface area (Å²) >= 11 is 0. The van der Waals surface area contributed by atoms with Crippen LogP contribution in [0.3, 0.4) is 0 Å². The van der Waals surface area contributed by atoms with Crippen LogP contribution < -0.4 is 4.74 Å². The zero-order chi connectivity index (χ0) is 27.4. The number of rotatable bonds is 2. The van der Waals surface area contributed by atoms with Crippen molar-refractivity contribution in [1.29, 1.82) is 0 Å². The maximum atomic E-state index is 12.5. The van der Waals surface area contributed by atoms with E-state index in [1.807, 2.05) is 6.92 Å². The SMILES string of the molecule is COC(=O)C#C[C@]1(O)CC[C@H]2[C@@H]3C[C@@H](OC(C)=O)c4cc(OC(=O)C(C)(C)C)ccc4[C@@]3(O)CC[C@@]21C. The van der Waals surface area contributed by atoms with Crippen LogP contribution in [0.2, 0.25) is 0 Å². The van der Waals surface area contributed by atoms with Gasteiger partial charge in [0, 0.05) is 23.8 Å². The fourth-order valence-corrected chi connectivity index (χ4v) is 6.58. The molecule has 200 valence electrons. The molecule has 0 saturated heterocycles. The fourth-order valence-electron chi connectivity index (χ4n) is 6.58. The molecule has 3 aliphatic carbocycles. The lowest BCUT2D eigenvalue weighted by molar-refractivity contribution is -0.176. The summed E-state index contributed by atoms with van der Waals surface area (Å²) in [5, 5.41) is 23.7. The Balaban J connectivity index is 1.74. The van der Waals surface area contributed by atoms with Crippen LogP contribution in [-0.2, 0) is 29.5 Å². The molecule has 6 atom stereocenters. The van der Waals surface area contributed by atoms with E-state index < -0.39 is 46.0 Å². The number of ether oxygens (including phenoxy) is 3. The molecule has 0 heterocycles. The molecule has 0 amide bonds. The van der Waals surface area contributed by atoms with E-state index in [1.165, 1.54) is 14.0 Å². The number of carbonyl (C=O) groups excluding carboxylic acids is 3. The maximum Gasteiger partial charge on any atom is 0.384 e. The van der Waals surface area contributed by atoms with Crippen LogP contribution in [0.4, 0.5) is 0 Å². The first kappa shape index (κ1) is 27.2. The molecule has 1 aromatic carbocycles. The van der Waals surface area contributed by atoms with Gasteiger partial charge in [0.2, 0.25) is 0 Å². The van der Waals surface area contributed by atoms with Gasteiger partial charge in [-0.25, -0.2) is 4.79 Å². The first-order chi connectivity index (χ1) is 17.1. The van der Waals surface area contributed by atoms with E-state index in [0.29, 0.717) is 49.0 Å². The topological polar surface area (TPSA) is 119 Å². The van der Waals surface area contributed by atoms with Crippen LogP contribution >= 0.6 is 0 Å².